The van der Waals surface area contributed by atoms with E-state index in [1.807, 2.05) is 12.1 Å². The lowest BCUT2D eigenvalue weighted by Gasteiger charge is -2.32. The predicted molar refractivity (Wildman–Crippen MR) is 78.0 cm³/mol. The quantitative estimate of drug-likeness (QED) is 0.786. The molecule has 0 aliphatic carbocycles. The third-order valence-corrected chi connectivity index (χ3v) is 3.30. The second-order valence-electron chi connectivity index (χ2n) is 4.87. The van der Waals surface area contributed by atoms with Crippen molar-refractivity contribution in [2.45, 2.75) is 6.54 Å². The first-order valence-electron chi connectivity index (χ1n) is 6.77. The second kappa shape index (κ2) is 7.28. The molecule has 0 radical (unpaired) electrons. The van der Waals surface area contributed by atoms with Crippen LogP contribution >= 0.6 is 0 Å². The third-order valence-electron chi connectivity index (χ3n) is 3.30. The zero-order chi connectivity index (χ0) is 13.5. The lowest BCUT2D eigenvalue weighted by Crippen LogP contribution is -2.50. The fourth-order valence-corrected chi connectivity index (χ4v) is 2.03. The number of hydrazine groups is 1. The summed E-state index contributed by atoms with van der Waals surface area (Å²) < 4.78 is 5.46. The molecular formula is C15H23N3O. The maximum Gasteiger partial charge on any atom is 0.119 e. The van der Waals surface area contributed by atoms with Crippen molar-refractivity contribution in [2.75, 3.05) is 39.8 Å². The van der Waals surface area contributed by atoms with E-state index in [9.17, 15) is 0 Å². The summed E-state index contributed by atoms with van der Waals surface area (Å²) >= 11 is 0. The normalized spacial score (nSPS) is 17.3. The van der Waals surface area contributed by atoms with E-state index in [0.717, 1.165) is 38.5 Å². The molecule has 1 aliphatic heterocycles. The third kappa shape index (κ3) is 4.67. The number of rotatable bonds is 6. The Balaban J connectivity index is 1.75. The van der Waals surface area contributed by atoms with Gasteiger partial charge in [-0.1, -0.05) is 24.8 Å². The molecule has 1 heterocycles. The van der Waals surface area contributed by atoms with Crippen molar-refractivity contribution in [3.05, 3.63) is 42.5 Å². The molecule has 19 heavy (non-hydrogen) atoms. The predicted octanol–water partition coefficient (Wildman–Crippen LogP) is 1.50. The maximum absolute atomic E-state index is 5.46. The number of nitrogens with one attached hydrogen (secondary N) is 1. The van der Waals surface area contributed by atoms with Crippen LogP contribution in [0.15, 0.2) is 36.9 Å². The molecule has 0 aromatic heterocycles. The van der Waals surface area contributed by atoms with Gasteiger partial charge in [0.2, 0.25) is 0 Å². The fraction of sp³-hybridized carbons (Fsp3) is 0.467. The molecule has 104 valence electrons. The summed E-state index contributed by atoms with van der Waals surface area (Å²) in [6.07, 6.45) is 1.75. The molecule has 1 aliphatic rings. The standard InChI is InChI=1S/C15H23N3O/c1-3-12-19-15-6-4-14(5-7-15)13-16-18-10-8-17(2)9-11-18/h3-7,16H,1,8-13H2,2H3. The number of benzene rings is 1. The summed E-state index contributed by atoms with van der Waals surface area (Å²) in [5.41, 5.74) is 4.74. The summed E-state index contributed by atoms with van der Waals surface area (Å²) in [4.78, 5) is 2.35. The van der Waals surface area contributed by atoms with Gasteiger partial charge in [0.25, 0.3) is 0 Å². The number of hydrogen-bond acceptors (Lipinski definition) is 4. The second-order valence-corrected chi connectivity index (χ2v) is 4.87. The highest BCUT2D eigenvalue weighted by Crippen LogP contribution is 2.12. The van der Waals surface area contributed by atoms with Crippen molar-refractivity contribution in [2.24, 2.45) is 0 Å². The van der Waals surface area contributed by atoms with Gasteiger partial charge in [0.15, 0.2) is 0 Å². The highest BCUT2D eigenvalue weighted by atomic mass is 16.5. The van der Waals surface area contributed by atoms with Gasteiger partial charge < -0.3 is 9.64 Å². The number of hydrogen-bond donors (Lipinski definition) is 1. The highest BCUT2D eigenvalue weighted by molar-refractivity contribution is 5.27. The van der Waals surface area contributed by atoms with Crippen LogP contribution in [-0.2, 0) is 6.54 Å². The van der Waals surface area contributed by atoms with Crippen molar-refractivity contribution in [3.8, 4) is 5.75 Å². The molecule has 0 spiro atoms. The zero-order valence-corrected chi connectivity index (χ0v) is 11.6. The summed E-state index contributed by atoms with van der Waals surface area (Å²) in [5, 5.41) is 2.29. The van der Waals surface area contributed by atoms with Crippen molar-refractivity contribution >= 4 is 0 Å². The molecule has 1 saturated heterocycles. The van der Waals surface area contributed by atoms with Crippen LogP contribution in [0.1, 0.15) is 5.56 Å². The fourth-order valence-electron chi connectivity index (χ4n) is 2.03. The molecule has 0 atom stereocenters. The molecule has 1 fully saturated rings. The highest BCUT2D eigenvalue weighted by Gasteiger charge is 2.12. The van der Waals surface area contributed by atoms with Crippen molar-refractivity contribution in [3.63, 3.8) is 0 Å². The molecule has 2 rings (SSSR count). The van der Waals surface area contributed by atoms with E-state index in [0.29, 0.717) is 6.61 Å². The van der Waals surface area contributed by atoms with Crippen LogP contribution in [0.3, 0.4) is 0 Å². The van der Waals surface area contributed by atoms with Gasteiger partial charge in [0.05, 0.1) is 0 Å². The summed E-state index contributed by atoms with van der Waals surface area (Å²) in [7, 11) is 2.17. The van der Waals surface area contributed by atoms with Gasteiger partial charge in [-0.25, -0.2) is 5.01 Å². The maximum atomic E-state index is 5.46. The first-order valence-corrected chi connectivity index (χ1v) is 6.77. The van der Waals surface area contributed by atoms with Gasteiger partial charge in [-0.15, -0.1) is 0 Å². The van der Waals surface area contributed by atoms with E-state index in [-0.39, 0.29) is 0 Å². The minimum atomic E-state index is 0.554. The number of likely N-dealkylation sites (N-methyl/N-ethyl adjacent to an activating group) is 1. The Labute approximate surface area is 115 Å². The van der Waals surface area contributed by atoms with Crippen LogP contribution in [0.5, 0.6) is 5.75 Å². The molecule has 0 amide bonds. The van der Waals surface area contributed by atoms with E-state index < -0.39 is 0 Å². The lowest BCUT2D eigenvalue weighted by molar-refractivity contribution is 0.102. The van der Waals surface area contributed by atoms with Crippen LogP contribution < -0.4 is 10.2 Å². The first-order chi connectivity index (χ1) is 9.28. The van der Waals surface area contributed by atoms with Gasteiger partial charge in [-0.05, 0) is 24.7 Å². The van der Waals surface area contributed by atoms with Gasteiger partial charge in [0, 0.05) is 32.7 Å². The van der Waals surface area contributed by atoms with E-state index in [1.165, 1.54) is 5.56 Å². The topological polar surface area (TPSA) is 27.7 Å². The van der Waals surface area contributed by atoms with Crippen LogP contribution in [-0.4, -0.2) is 49.7 Å². The molecule has 1 aromatic rings. The molecule has 1 N–H and O–H groups in total. The smallest absolute Gasteiger partial charge is 0.119 e. The Morgan fingerprint density at radius 1 is 1.21 bits per heavy atom. The summed E-state index contributed by atoms with van der Waals surface area (Å²) in [6.45, 7) is 9.47. The molecular weight excluding hydrogens is 238 g/mol. The number of nitrogens with zero attached hydrogens (tertiary/aromatic N) is 2. The van der Waals surface area contributed by atoms with E-state index >= 15 is 0 Å². The SMILES string of the molecule is C=CCOc1ccc(CNN2CCN(C)CC2)cc1. The number of ether oxygens (including phenoxy) is 1. The van der Waals surface area contributed by atoms with E-state index in [2.05, 4.69) is 41.1 Å². The average molecular weight is 261 g/mol. The monoisotopic (exact) mass is 261 g/mol. The van der Waals surface area contributed by atoms with Crippen molar-refractivity contribution in [1.82, 2.24) is 15.3 Å². The molecule has 4 heteroatoms. The van der Waals surface area contributed by atoms with Crippen LogP contribution in [0.2, 0.25) is 0 Å². The van der Waals surface area contributed by atoms with Gasteiger partial charge >= 0.3 is 0 Å². The first kappa shape index (κ1) is 14.1. The molecule has 4 nitrogen and oxygen atoms in total. The van der Waals surface area contributed by atoms with Crippen LogP contribution in [0.25, 0.3) is 0 Å². The van der Waals surface area contributed by atoms with Gasteiger partial charge in [0.1, 0.15) is 12.4 Å². The Morgan fingerprint density at radius 2 is 1.89 bits per heavy atom. The van der Waals surface area contributed by atoms with E-state index in [1.54, 1.807) is 6.08 Å². The largest absolute Gasteiger partial charge is 0.490 e. The Hall–Kier alpha value is -1.36. The van der Waals surface area contributed by atoms with Crippen LogP contribution in [0.4, 0.5) is 0 Å². The van der Waals surface area contributed by atoms with E-state index in [4.69, 9.17) is 4.74 Å². The zero-order valence-electron chi connectivity index (χ0n) is 11.6. The minimum absolute atomic E-state index is 0.554. The van der Waals surface area contributed by atoms with Gasteiger partial charge in [-0.2, -0.15) is 0 Å². The molecule has 1 aromatic carbocycles. The Kier molecular flexibility index (Phi) is 5.39. The average Bonchev–Trinajstić information content (AvgIpc) is 2.46. The number of piperazine rings is 1. The van der Waals surface area contributed by atoms with Gasteiger partial charge in [-0.3, -0.25) is 5.43 Å². The minimum Gasteiger partial charge on any atom is -0.490 e. The summed E-state index contributed by atoms with van der Waals surface area (Å²) in [6, 6.07) is 8.21. The lowest BCUT2D eigenvalue weighted by atomic mass is 10.2. The Bertz CT molecular complexity index is 383. The van der Waals surface area contributed by atoms with Crippen LogP contribution in [0, 0.1) is 0 Å². The van der Waals surface area contributed by atoms with Crippen molar-refractivity contribution < 1.29 is 4.74 Å². The molecule has 0 bridgehead atoms. The van der Waals surface area contributed by atoms with Crippen molar-refractivity contribution in [1.29, 1.82) is 0 Å². The summed E-state index contributed by atoms with van der Waals surface area (Å²) in [5.74, 6) is 0.892. The molecule has 0 unspecified atom stereocenters. The molecule has 0 saturated carbocycles. The Morgan fingerprint density at radius 3 is 2.53 bits per heavy atom.